The van der Waals surface area contributed by atoms with Gasteiger partial charge >= 0.3 is 11.7 Å². The Morgan fingerprint density at radius 1 is 1.11 bits per heavy atom. The minimum Gasteiger partial charge on any atom is -0.382 e. The number of nitrogens with zero attached hydrogens (tertiary/aromatic N) is 3. The summed E-state index contributed by atoms with van der Waals surface area (Å²) in [5, 5.41) is 10.7. The summed E-state index contributed by atoms with van der Waals surface area (Å²) < 4.78 is 100. The first-order chi connectivity index (χ1) is 12.1. The molecular weight excluding hydrogens is 453 g/mol. The summed E-state index contributed by atoms with van der Waals surface area (Å²) >= 11 is 11.4. The van der Waals surface area contributed by atoms with Gasteiger partial charge in [0.2, 0.25) is 0 Å². The van der Waals surface area contributed by atoms with E-state index in [0.717, 1.165) is 6.07 Å². The molecule has 0 aliphatic carbocycles. The second-order valence-electron chi connectivity index (χ2n) is 4.82. The molecule has 0 aliphatic rings. The predicted molar refractivity (Wildman–Crippen MR) is 81.0 cm³/mol. The van der Waals surface area contributed by atoms with Crippen LogP contribution in [0.4, 0.5) is 32.2 Å². The van der Waals surface area contributed by atoms with E-state index in [9.17, 15) is 34.8 Å². The molecule has 0 spiro atoms. The number of rotatable bonds is 2. The third-order valence-corrected chi connectivity index (χ3v) is 5.24. The fraction of sp³-hybridized carbons (Fsp3) is 0.167. The molecule has 1 aromatic heterocycles. The molecule has 0 saturated carbocycles. The van der Waals surface area contributed by atoms with E-state index in [0.29, 0.717) is 12.1 Å². The summed E-state index contributed by atoms with van der Waals surface area (Å²) in [4.78, 5) is -1.66. The van der Waals surface area contributed by atoms with Gasteiger partial charge in [-0.3, -0.25) is 0 Å². The Balaban J connectivity index is 2.83. The Morgan fingerprint density at radius 3 is 1.96 bits per heavy atom. The number of aromatic nitrogens is 2. The number of benzene rings is 1. The van der Waals surface area contributed by atoms with Crippen molar-refractivity contribution in [2.45, 2.75) is 16.6 Å². The maximum absolute atomic E-state index is 12.8. The van der Waals surface area contributed by atoms with Crippen LogP contribution >= 0.6 is 23.2 Å². The van der Waals surface area contributed by atoms with Crippen LogP contribution in [-0.4, -0.2) is 23.7 Å². The molecule has 0 radical (unpaired) electrons. The van der Waals surface area contributed by atoms with Crippen LogP contribution in [0.5, 0.6) is 0 Å². The summed E-state index contributed by atoms with van der Waals surface area (Å²) in [6.45, 7) is 0. The summed E-state index contributed by atoms with van der Waals surface area (Å²) in [5.41, 5.74) is -3.58. The minimum absolute atomic E-state index is 0.252. The summed E-state index contributed by atoms with van der Waals surface area (Å²) in [6.07, 6.45) is -4.84. The first kappa shape index (κ1) is 21.1. The number of anilines is 1. The van der Waals surface area contributed by atoms with Crippen molar-refractivity contribution in [3.05, 3.63) is 33.4 Å². The van der Waals surface area contributed by atoms with Crippen LogP contribution in [0.15, 0.2) is 17.0 Å². The zero-order valence-electron chi connectivity index (χ0n) is 12.3. The molecule has 0 fully saturated rings. The summed E-state index contributed by atoms with van der Waals surface area (Å²) in [6, 6.07) is 1.89. The van der Waals surface area contributed by atoms with Crippen LogP contribution in [0.1, 0.15) is 11.3 Å². The molecule has 0 aliphatic heterocycles. The highest BCUT2D eigenvalue weighted by Crippen LogP contribution is 2.41. The van der Waals surface area contributed by atoms with Gasteiger partial charge in [-0.25, -0.2) is 13.1 Å². The molecule has 0 bridgehead atoms. The molecule has 1 aromatic carbocycles. The fourth-order valence-corrected chi connectivity index (χ4v) is 3.55. The molecule has 1 heterocycles. The quantitative estimate of drug-likeness (QED) is 0.544. The molecule has 2 aromatic rings. The second kappa shape index (κ2) is 6.47. The van der Waals surface area contributed by atoms with Crippen molar-refractivity contribution in [2.24, 2.45) is 0 Å². The maximum atomic E-state index is 12.8. The number of nitrogens with two attached hydrogens (primary N) is 1. The highest BCUT2D eigenvalue weighted by molar-refractivity contribution is 7.92. The van der Waals surface area contributed by atoms with Crippen LogP contribution in [0.3, 0.4) is 0 Å². The average molecular weight is 457 g/mol. The lowest BCUT2D eigenvalue weighted by Gasteiger charge is -2.13. The van der Waals surface area contributed by atoms with E-state index < -0.39 is 59.2 Å². The van der Waals surface area contributed by atoms with Crippen LogP contribution in [-0.2, 0) is 16.0 Å². The number of nitrogen functional groups attached to an aromatic ring is 1. The Bertz CT molecular complexity index is 1050. The molecule has 2 rings (SSSR count). The molecule has 15 heteroatoms. The smallest absolute Gasteiger partial charge is 0.382 e. The van der Waals surface area contributed by atoms with E-state index in [1.165, 1.54) is 0 Å². The van der Waals surface area contributed by atoms with Gasteiger partial charge in [-0.1, -0.05) is 23.2 Å². The minimum atomic E-state index is -6.09. The molecule has 146 valence electrons. The van der Waals surface area contributed by atoms with Crippen molar-refractivity contribution in [2.75, 3.05) is 5.73 Å². The van der Waals surface area contributed by atoms with Gasteiger partial charge in [-0.15, -0.1) is 0 Å². The van der Waals surface area contributed by atoms with Gasteiger partial charge in [0.25, 0.3) is 9.84 Å². The van der Waals surface area contributed by atoms with Crippen molar-refractivity contribution in [3.8, 4) is 11.8 Å². The van der Waals surface area contributed by atoms with E-state index >= 15 is 0 Å². The van der Waals surface area contributed by atoms with E-state index in [4.69, 9.17) is 34.2 Å². The summed E-state index contributed by atoms with van der Waals surface area (Å²) in [7, 11) is -6.09. The van der Waals surface area contributed by atoms with E-state index in [-0.39, 0.29) is 4.68 Å². The van der Waals surface area contributed by atoms with Crippen LogP contribution in [0.25, 0.3) is 5.69 Å². The standard InChI is InChI=1S/C12H4Cl2F6N4O2S/c13-5-1-4(11(15,16)17)2-6(14)8(5)24-10(22)9(7(3-21)23-24)27(25,26)12(18,19)20/h1-2H,22H2/i3+1,7+1,9+1,10+1. The molecular formula is C12H4Cl2F6N4O2S. The molecule has 0 atom stereocenters. The third-order valence-electron chi connectivity index (χ3n) is 3.11. The van der Waals surface area contributed by atoms with Crippen molar-refractivity contribution in [1.29, 1.82) is 5.26 Å². The lowest BCUT2D eigenvalue weighted by Crippen LogP contribution is -2.24. The number of nitriles is 1. The maximum Gasteiger partial charge on any atom is 0.502 e. The van der Waals surface area contributed by atoms with E-state index in [1.54, 1.807) is 0 Å². The number of alkyl halides is 6. The monoisotopic (exact) mass is 456 g/mol. The molecule has 27 heavy (non-hydrogen) atoms. The van der Waals surface area contributed by atoms with Gasteiger partial charge in [-0.2, -0.15) is 36.7 Å². The highest BCUT2D eigenvalue weighted by Gasteiger charge is 2.51. The fourth-order valence-electron chi connectivity index (χ4n) is 1.97. The normalized spacial score (nSPS) is 12.9. The van der Waals surface area contributed by atoms with Crippen molar-refractivity contribution < 1.29 is 34.8 Å². The lowest BCUT2D eigenvalue weighted by atomic mass is 10.2. The highest BCUT2D eigenvalue weighted by atomic mass is 35.5. The number of sulfone groups is 1. The Labute approximate surface area is 156 Å². The molecule has 0 saturated heterocycles. The van der Waals surface area contributed by atoms with Crippen molar-refractivity contribution in [1.82, 2.24) is 9.78 Å². The Morgan fingerprint density at radius 2 is 1.59 bits per heavy atom. The zero-order chi connectivity index (χ0) is 20.9. The third kappa shape index (κ3) is 3.52. The van der Waals surface area contributed by atoms with Gasteiger partial charge in [0, 0.05) is 0 Å². The Hall–Kier alpha value is -2.17. The van der Waals surface area contributed by atoms with Crippen molar-refractivity contribution in [3.63, 3.8) is 0 Å². The van der Waals surface area contributed by atoms with Gasteiger partial charge < -0.3 is 5.73 Å². The molecule has 0 amide bonds. The predicted octanol–water partition coefficient (Wildman–Crippen LogP) is 3.95. The van der Waals surface area contributed by atoms with Gasteiger partial charge in [0.15, 0.2) is 10.6 Å². The topological polar surface area (TPSA) is 102 Å². The van der Waals surface area contributed by atoms with Gasteiger partial charge in [0.05, 0.1) is 15.6 Å². The lowest BCUT2D eigenvalue weighted by molar-refractivity contribution is -0.137. The average Bonchev–Trinajstić information content (AvgIpc) is 2.81. The molecule has 2 N–H and O–H groups in total. The van der Waals surface area contributed by atoms with Gasteiger partial charge in [0.1, 0.15) is 17.6 Å². The van der Waals surface area contributed by atoms with Crippen LogP contribution < -0.4 is 5.73 Å². The Kier molecular flexibility index (Phi) is 5.06. The van der Waals surface area contributed by atoms with Crippen molar-refractivity contribution >= 4 is 38.9 Å². The number of hydrogen-bond donors (Lipinski definition) is 1. The van der Waals surface area contributed by atoms with Crippen LogP contribution in [0.2, 0.25) is 10.0 Å². The number of halogens is 8. The molecule has 6 nitrogen and oxygen atoms in total. The largest absolute Gasteiger partial charge is 0.502 e. The van der Waals surface area contributed by atoms with E-state index in [1.807, 2.05) is 0 Å². The molecule has 0 unspecified atom stereocenters. The van der Waals surface area contributed by atoms with E-state index in [2.05, 4.69) is 5.10 Å². The number of hydrogen-bond acceptors (Lipinski definition) is 5. The van der Waals surface area contributed by atoms with Crippen LogP contribution in [0, 0.1) is 11.3 Å². The zero-order valence-corrected chi connectivity index (χ0v) is 14.7. The first-order valence-corrected chi connectivity index (χ1v) is 8.53. The SMILES string of the molecule is N#[13C][13c]1nn(-c2c(Cl)cc(C(F)(F)F)cc2Cl)[13c](N)[13c]1S(=O)(=O)C(F)(F)F. The summed E-state index contributed by atoms with van der Waals surface area (Å²) in [5.74, 6) is -1.20. The first-order valence-electron chi connectivity index (χ1n) is 6.29. The second-order valence-corrected chi connectivity index (χ2v) is 7.51. The van der Waals surface area contributed by atoms with Gasteiger partial charge in [-0.05, 0) is 12.1 Å².